The summed E-state index contributed by atoms with van der Waals surface area (Å²) in [5.74, 6) is 2.46. The van der Waals surface area contributed by atoms with Gasteiger partial charge in [0.15, 0.2) is 13.2 Å². The summed E-state index contributed by atoms with van der Waals surface area (Å²) >= 11 is 0. The number of nitriles is 2. The molecule has 2 aromatic carbocycles. The monoisotopic (exact) mass is 308 g/mol. The van der Waals surface area contributed by atoms with E-state index in [1.54, 1.807) is 48.5 Å². The molecular formula is C16H13BN2O4. The molecule has 0 N–H and O–H groups in total. The van der Waals surface area contributed by atoms with Gasteiger partial charge in [0.1, 0.15) is 35.1 Å². The van der Waals surface area contributed by atoms with Crippen LogP contribution in [0, 0.1) is 22.7 Å². The number of nitrogens with zero attached hydrogens (tertiary/aromatic N) is 2. The van der Waals surface area contributed by atoms with E-state index >= 15 is 0 Å². The van der Waals surface area contributed by atoms with Crippen LogP contribution < -0.4 is 18.8 Å². The largest absolute Gasteiger partial charge is 0.576 e. The summed E-state index contributed by atoms with van der Waals surface area (Å²) in [5.41, 5.74) is 0. The smallest absolute Gasteiger partial charge is 0.529 e. The third-order valence-electron chi connectivity index (χ3n) is 2.71. The Morgan fingerprint density at radius 3 is 1.35 bits per heavy atom. The number of rotatable bonds is 8. The third-order valence-corrected chi connectivity index (χ3v) is 2.71. The quantitative estimate of drug-likeness (QED) is 0.695. The molecule has 0 radical (unpaired) electrons. The van der Waals surface area contributed by atoms with E-state index in [-0.39, 0.29) is 20.9 Å². The van der Waals surface area contributed by atoms with Gasteiger partial charge in [-0.25, -0.2) is 0 Å². The second-order valence-corrected chi connectivity index (χ2v) is 4.24. The van der Waals surface area contributed by atoms with Crippen LogP contribution in [0.2, 0.25) is 0 Å². The van der Waals surface area contributed by atoms with Crippen molar-refractivity contribution in [3.05, 3.63) is 48.5 Å². The molecule has 0 spiro atoms. The summed E-state index contributed by atoms with van der Waals surface area (Å²) < 4.78 is 21.2. The molecule has 0 aliphatic carbocycles. The van der Waals surface area contributed by atoms with E-state index in [1.807, 2.05) is 12.1 Å². The first-order chi connectivity index (χ1) is 11.3. The summed E-state index contributed by atoms with van der Waals surface area (Å²) in [6, 6.07) is 17.6. The van der Waals surface area contributed by atoms with Gasteiger partial charge >= 0.3 is 7.69 Å². The molecule has 0 aromatic heterocycles. The van der Waals surface area contributed by atoms with Gasteiger partial charge in [0, 0.05) is 0 Å². The van der Waals surface area contributed by atoms with Gasteiger partial charge in [-0.1, -0.05) is 0 Å². The summed E-state index contributed by atoms with van der Waals surface area (Å²) in [6.45, 7) is 0.0226. The Balaban J connectivity index is 1.76. The van der Waals surface area contributed by atoms with E-state index in [2.05, 4.69) is 0 Å². The predicted molar refractivity (Wildman–Crippen MR) is 83.5 cm³/mol. The van der Waals surface area contributed by atoms with Gasteiger partial charge < -0.3 is 18.8 Å². The Morgan fingerprint density at radius 2 is 1.00 bits per heavy atom. The summed E-state index contributed by atoms with van der Waals surface area (Å²) in [5, 5.41) is 16.9. The first-order valence-electron chi connectivity index (χ1n) is 6.77. The van der Waals surface area contributed by atoms with Crippen molar-refractivity contribution in [1.29, 1.82) is 10.5 Å². The maximum Gasteiger partial charge on any atom is 0.576 e. The number of hydrogen-bond donors (Lipinski definition) is 0. The molecular weight excluding hydrogens is 295 g/mol. The predicted octanol–water partition coefficient (Wildman–Crippen LogP) is 2.22. The molecule has 0 unspecified atom stereocenters. The zero-order valence-electron chi connectivity index (χ0n) is 12.3. The highest BCUT2D eigenvalue weighted by atomic mass is 16.6. The minimum atomic E-state index is 0.0113. The molecule has 0 saturated heterocycles. The molecule has 0 atom stereocenters. The first kappa shape index (κ1) is 16.1. The van der Waals surface area contributed by atoms with Crippen LogP contribution in [0.3, 0.4) is 0 Å². The zero-order valence-corrected chi connectivity index (χ0v) is 12.3. The molecule has 0 aliphatic heterocycles. The van der Waals surface area contributed by atoms with Crippen molar-refractivity contribution in [3.8, 4) is 35.1 Å². The van der Waals surface area contributed by atoms with E-state index in [9.17, 15) is 0 Å². The molecule has 2 rings (SSSR count). The lowest BCUT2D eigenvalue weighted by Gasteiger charge is -2.09. The molecule has 0 bridgehead atoms. The van der Waals surface area contributed by atoms with Crippen LogP contribution in [0.1, 0.15) is 0 Å². The lowest BCUT2D eigenvalue weighted by atomic mass is 10.3. The average Bonchev–Trinajstić information content (AvgIpc) is 2.60. The highest BCUT2D eigenvalue weighted by Crippen LogP contribution is 2.19. The molecule has 7 heteroatoms. The van der Waals surface area contributed by atoms with Crippen LogP contribution in [0.4, 0.5) is 0 Å². The van der Waals surface area contributed by atoms with E-state index in [0.29, 0.717) is 23.0 Å². The molecule has 0 aliphatic rings. The molecule has 0 amide bonds. The minimum Gasteiger partial charge on any atom is -0.529 e. The lowest BCUT2D eigenvalue weighted by Crippen LogP contribution is -2.10. The fourth-order valence-corrected chi connectivity index (χ4v) is 1.66. The van der Waals surface area contributed by atoms with Gasteiger partial charge in [-0.2, -0.15) is 10.5 Å². The molecule has 0 saturated carbocycles. The van der Waals surface area contributed by atoms with Gasteiger partial charge in [-0.15, -0.1) is 0 Å². The van der Waals surface area contributed by atoms with Gasteiger partial charge in [0.05, 0.1) is 0 Å². The Bertz CT molecular complexity index is 629. The van der Waals surface area contributed by atoms with Crippen LogP contribution >= 0.6 is 0 Å². The Morgan fingerprint density at radius 1 is 0.652 bits per heavy atom. The zero-order chi connectivity index (χ0) is 16.3. The molecule has 0 heterocycles. The van der Waals surface area contributed by atoms with Crippen LogP contribution in [-0.2, 0) is 0 Å². The van der Waals surface area contributed by atoms with Crippen molar-refractivity contribution in [2.45, 2.75) is 0 Å². The van der Waals surface area contributed by atoms with E-state index < -0.39 is 0 Å². The summed E-state index contributed by atoms with van der Waals surface area (Å²) in [6.07, 6.45) is 0. The molecule has 6 nitrogen and oxygen atoms in total. The fraction of sp³-hybridized carbons (Fsp3) is 0.125. The SMILES string of the molecule is N#CCOc1ccc(OBOc2ccc(OCC#N)cc2)cc1. The van der Waals surface area contributed by atoms with Gasteiger partial charge in [0.25, 0.3) is 0 Å². The Labute approximate surface area is 134 Å². The summed E-state index contributed by atoms with van der Waals surface area (Å²) in [4.78, 5) is 0. The molecule has 114 valence electrons. The summed E-state index contributed by atoms with van der Waals surface area (Å²) in [7, 11) is 0.0524. The molecule has 23 heavy (non-hydrogen) atoms. The maximum absolute atomic E-state index is 8.43. The highest BCUT2D eigenvalue weighted by molar-refractivity contribution is 6.20. The maximum atomic E-state index is 8.43. The molecule has 2 aromatic rings. The second-order valence-electron chi connectivity index (χ2n) is 4.24. The Hall–Kier alpha value is -3.32. The minimum absolute atomic E-state index is 0.0113. The topological polar surface area (TPSA) is 84.5 Å². The van der Waals surface area contributed by atoms with Crippen molar-refractivity contribution >= 4 is 7.69 Å². The second kappa shape index (κ2) is 8.86. The van der Waals surface area contributed by atoms with Crippen molar-refractivity contribution in [3.63, 3.8) is 0 Å². The van der Waals surface area contributed by atoms with Crippen LogP contribution in [0.5, 0.6) is 23.0 Å². The average molecular weight is 308 g/mol. The van der Waals surface area contributed by atoms with E-state index in [1.165, 1.54) is 0 Å². The van der Waals surface area contributed by atoms with Gasteiger partial charge in [-0.05, 0) is 48.5 Å². The van der Waals surface area contributed by atoms with Crippen molar-refractivity contribution in [2.75, 3.05) is 13.2 Å². The normalized spacial score (nSPS) is 9.13. The first-order valence-corrected chi connectivity index (χ1v) is 6.77. The highest BCUT2D eigenvalue weighted by Gasteiger charge is 2.01. The lowest BCUT2D eigenvalue weighted by molar-refractivity contribution is 0.367. The number of hydrogen-bond acceptors (Lipinski definition) is 6. The number of benzene rings is 2. The van der Waals surface area contributed by atoms with E-state index in [4.69, 9.17) is 29.3 Å². The van der Waals surface area contributed by atoms with E-state index in [0.717, 1.165) is 0 Å². The van der Waals surface area contributed by atoms with Crippen LogP contribution in [0.25, 0.3) is 0 Å². The molecule has 0 fully saturated rings. The van der Waals surface area contributed by atoms with Gasteiger partial charge in [-0.3, -0.25) is 0 Å². The Kier molecular flexibility index (Phi) is 6.19. The standard InChI is InChI=1S/C16H13BN2O4/c18-9-11-20-13-1-5-15(6-2-13)22-17-23-16-7-3-14(4-8-16)21-12-10-19/h1-8,17H,11-12H2. The number of ether oxygens (including phenoxy) is 2. The van der Waals surface area contributed by atoms with Crippen LogP contribution in [0.15, 0.2) is 48.5 Å². The van der Waals surface area contributed by atoms with Crippen molar-refractivity contribution in [2.24, 2.45) is 0 Å². The van der Waals surface area contributed by atoms with Crippen molar-refractivity contribution in [1.82, 2.24) is 0 Å². The third kappa shape index (κ3) is 5.52. The van der Waals surface area contributed by atoms with Gasteiger partial charge in [0.2, 0.25) is 0 Å². The van der Waals surface area contributed by atoms with Crippen molar-refractivity contribution < 1.29 is 18.8 Å². The van der Waals surface area contributed by atoms with Crippen LogP contribution in [-0.4, -0.2) is 20.9 Å². The fourth-order valence-electron chi connectivity index (χ4n) is 1.66.